The van der Waals surface area contributed by atoms with Crippen LogP contribution in [-0.4, -0.2) is 26.2 Å². The van der Waals surface area contributed by atoms with Gasteiger partial charge < -0.3 is 9.64 Å². The quantitative estimate of drug-likeness (QED) is 0.630. The molecule has 0 fully saturated rings. The maximum absolute atomic E-state index is 11.4. The number of hydrogen-bond acceptors (Lipinski definition) is 3. The van der Waals surface area contributed by atoms with Crippen molar-refractivity contribution in [1.29, 1.82) is 0 Å². The van der Waals surface area contributed by atoms with Crippen LogP contribution in [0.5, 0.6) is 0 Å². The van der Waals surface area contributed by atoms with E-state index in [2.05, 4.69) is 33.9 Å². The molecule has 0 unspecified atom stereocenters. The molecule has 0 bridgehead atoms. The largest absolute Gasteiger partial charge is 0.463 e. The first-order valence-electron chi connectivity index (χ1n) is 6.50. The van der Waals surface area contributed by atoms with Crippen molar-refractivity contribution in [2.24, 2.45) is 0 Å². The van der Waals surface area contributed by atoms with Gasteiger partial charge in [0.25, 0.3) is 0 Å². The minimum atomic E-state index is -0.297. The molecular formula is C15H18BrNO2. The molecule has 0 aromatic heterocycles. The summed E-state index contributed by atoms with van der Waals surface area (Å²) in [6, 6.07) is 4.20. The predicted molar refractivity (Wildman–Crippen MR) is 81.4 cm³/mol. The number of benzene rings is 1. The molecule has 1 heterocycles. The zero-order valence-corrected chi connectivity index (χ0v) is 12.9. The van der Waals surface area contributed by atoms with Crippen LogP contribution in [0.15, 0.2) is 22.7 Å². The summed E-state index contributed by atoms with van der Waals surface area (Å²) in [7, 11) is 2.09. The predicted octanol–water partition coefficient (Wildman–Crippen LogP) is 3.41. The van der Waals surface area contributed by atoms with Crippen LogP contribution in [0.3, 0.4) is 0 Å². The molecule has 0 radical (unpaired) electrons. The number of carbonyl (C=O) groups excluding carboxylic acids is 1. The van der Waals surface area contributed by atoms with Crippen LogP contribution in [0.25, 0.3) is 6.08 Å². The van der Waals surface area contributed by atoms with Gasteiger partial charge in [0.15, 0.2) is 0 Å². The number of halogens is 1. The number of nitrogens with zero attached hydrogens (tertiary/aromatic N) is 1. The Morgan fingerprint density at radius 1 is 1.53 bits per heavy atom. The van der Waals surface area contributed by atoms with Crippen molar-refractivity contribution in [2.45, 2.75) is 19.8 Å². The van der Waals surface area contributed by atoms with E-state index in [0.717, 1.165) is 23.0 Å². The number of hydrogen-bond donors (Lipinski definition) is 0. The minimum absolute atomic E-state index is 0.297. The fraction of sp³-hybridized carbons (Fsp3) is 0.400. The highest BCUT2D eigenvalue weighted by Gasteiger charge is 2.17. The number of ether oxygens (including phenoxy) is 1. The molecule has 3 nitrogen and oxygen atoms in total. The van der Waals surface area contributed by atoms with Crippen molar-refractivity contribution in [1.82, 2.24) is 0 Å². The van der Waals surface area contributed by atoms with Crippen molar-refractivity contribution in [2.75, 3.05) is 25.1 Å². The number of anilines is 1. The molecule has 19 heavy (non-hydrogen) atoms. The summed E-state index contributed by atoms with van der Waals surface area (Å²) in [5.41, 5.74) is 3.60. The van der Waals surface area contributed by atoms with Crippen LogP contribution in [-0.2, 0) is 16.0 Å². The molecule has 1 aromatic carbocycles. The zero-order chi connectivity index (χ0) is 13.8. The molecule has 0 N–H and O–H groups in total. The highest BCUT2D eigenvalue weighted by Crippen LogP contribution is 2.33. The molecular weight excluding hydrogens is 306 g/mol. The van der Waals surface area contributed by atoms with Crippen molar-refractivity contribution in [3.8, 4) is 0 Å². The molecule has 0 saturated carbocycles. The molecule has 0 amide bonds. The van der Waals surface area contributed by atoms with Gasteiger partial charge in [-0.25, -0.2) is 4.79 Å². The number of carbonyl (C=O) groups is 1. The van der Waals surface area contributed by atoms with Gasteiger partial charge in [-0.15, -0.1) is 0 Å². The lowest BCUT2D eigenvalue weighted by Gasteiger charge is -2.29. The average Bonchev–Trinajstić information content (AvgIpc) is 2.36. The molecule has 1 aliphatic heterocycles. The van der Waals surface area contributed by atoms with Gasteiger partial charge in [0.05, 0.1) is 6.61 Å². The first-order valence-corrected chi connectivity index (χ1v) is 7.29. The topological polar surface area (TPSA) is 29.5 Å². The Kier molecular flexibility index (Phi) is 4.64. The Morgan fingerprint density at radius 3 is 3.05 bits per heavy atom. The lowest BCUT2D eigenvalue weighted by atomic mass is 9.98. The second-order valence-corrected chi connectivity index (χ2v) is 5.53. The van der Waals surface area contributed by atoms with Crippen molar-refractivity contribution in [3.63, 3.8) is 0 Å². The number of aryl methyl sites for hydroxylation is 1. The second-order valence-electron chi connectivity index (χ2n) is 4.61. The van der Waals surface area contributed by atoms with Gasteiger partial charge >= 0.3 is 5.97 Å². The Labute approximate surface area is 122 Å². The normalized spacial score (nSPS) is 14.6. The molecule has 102 valence electrons. The van der Waals surface area contributed by atoms with E-state index in [-0.39, 0.29) is 5.97 Å². The molecule has 0 spiro atoms. The van der Waals surface area contributed by atoms with Gasteiger partial charge in [-0.3, -0.25) is 0 Å². The van der Waals surface area contributed by atoms with E-state index in [9.17, 15) is 4.79 Å². The van der Waals surface area contributed by atoms with Crippen LogP contribution in [0.4, 0.5) is 5.69 Å². The Balaban J connectivity index is 2.34. The zero-order valence-electron chi connectivity index (χ0n) is 11.3. The van der Waals surface area contributed by atoms with Crippen molar-refractivity contribution >= 4 is 33.7 Å². The van der Waals surface area contributed by atoms with Gasteiger partial charge in [0.1, 0.15) is 0 Å². The maximum Gasteiger partial charge on any atom is 0.330 e. The van der Waals surface area contributed by atoms with E-state index < -0.39 is 0 Å². The van der Waals surface area contributed by atoms with Crippen LogP contribution in [0, 0.1) is 0 Å². The molecule has 0 aliphatic carbocycles. The Hall–Kier alpha value is -1.29. The number of esters is 1. The van der Waals surface area contributed by atoms with Crippen LogP contribution < -0.4 is 4.90 Å². The summed E-state index contributed by atoms with van der Waals surface area (Å²) in [4.78, 5) is 13.7. The first kappa shape index (κ1) is 14.1. The summed E-state index contributed by atoms with van der Waals surface area (Å²) in [5.74, 6) is -0.297. The SMILES string of the molecule is CCOC(=O)/C=C/c1cc(Br)cc2c1N(C)CCC2. The van der Waals surface area contributed by atoms with Gasteiger partial charge in [0, 0.05) is 29.8 Å². The molecule has 1 aliphatic rings. The van der Waals surface area contributed by atoms with Gasteiger partial charge in [-0.05, 0) is 49.1 Å². The average molecular weight is 324 g/mol. The third-order valence-corrected chi connectivity index (χ3v) is 3.65. The summed E-state index contributed by atoms with van der Waals surface area (Å²) in [5, 5.41) is 0. The lowest BCUT2D eigenvalue weighted by molar-refractivity contribution is -0.137. The minimum Gasteiger partial charge on any atom is -0.463 e. The highest BCUT2D eigenvalue weighted by atomic mass is 79.9. The van der Waals surface area contributed by atoms with E-state index >= 15 is 0 Å². The van der Waals surface area contributed by atoms with Crippen molar-refractivity contribution in [3.05, 3.63) is 33.8 Å². The molecule has 1 aromatic rings. The van der Waals surface area contributed by atoms with E-state index in [0.29, 0.717) is 6.61 Å². The smallest absolute Gasteiger partial charge is 0.330 e. The molecule has 0 saturated heterocycles. The number of rotatable bonds is 3. The summed E-state index contributed by atoms with van der Waals surface area (Å²) >= 11 is 3.53. The van der Waals surface area contributed by atoms with E-state index in [1.165, 1.54) is 23.7 Å². The monoisotopic (exact) mass is 323 g/mol. The third-order valence-electron chi connectivity index (χ3n) is 3.19. The Bertz CT molecular complexity index is 511. The molecule has 2 rings (SSSR count). The summed E-state index contributed by atoms with van der Waals surface area (Å²) < 4.78 is 5.96. The van der Waals surface area contributed by atoms with E-state index in [1.54, 1.807) is 6.92 Å². The first-order chi connectivity index (χ1) is 9.11. The molecule has 4 heteroatoms. The van der Waals surface area contributed by atoms with Crippen LogP contribution in [0.1, 0.15) is 24.5 Å². The number of fused-ring (bicyclic) bond motifs is 1. The second kappa shape index (κ2) is 6.24. The van der Waals surface area contributed by atoms with Gasteiger partial charge in [-0.2, -0.15) is 0 Å². The highest BCUT2D eigenvalue weighted by molar-refractivity contribution is 9.10. The summed E-state index contributed by atoms with van der Waals surface area (Å²) in [6.45, 7) is 3.26. The van der Waals surface area contributed by atoms with Crippen LogP contribution >= 0.6 is 15.9 Å². The summed E-state index contributed by atoms with van der Waals surface area (Å²) in [6.07, 6.45) is 5.58. The van der Waals surface area contributed by atoms with E-state index in [1.807, 2.05) is 12.1 Å². The Morgan fingerprint density at radius 2 is 2.32 bits per heavy atom. The standard InChI is InChI=1S/C15H18BrNO2/c1-3-19-14(18)7-6-12-10-13(16)9-11-5-4-8-17(2)15(11)12/h6-7,9-10H,3-5,8H2,1-2H3/b7-6+. The van der Waals surface area contributed by atoms with E-state index in [4.69, 9.17) is 4.74 Å². The maximum atomic E-state index is 11.4. The van der Waals surface area contributed by atoms with Crippen molar-refractivity contribution < 1.29 is 9.53 Å². The van der Waals surface area contributed by atoms with Gasteiger partial charge in [0.2, 0.25) is 0 Å². The third kappa shape index (κ3) is 3.38. The fourth-order valence-electron chi connectivity index (χ4n) is 2.43. The molecule has 0 atom stereocenters. The van der Waals surface area contributed by atoms with Gasteiger partial charge in [-0.1, -0.05) is 15.9 Å². The lowest BCUT2D eigenvalue weighted by Crippen LogP contribution is -2.25. The van der Waals surface area contributed by atoms with Crippen LogP contribution in [0.2, 0.25) is 0 Å². The fourth-order valence-corrected chi connectivity index (χ4v) is 2.95.